The number of esters is 1. The van der Waals surface area contributed by atoms with E-state index in [0.717, 1.165) is 0 Å². The van der Waals surface area contributed by atoms with Gasteiger partial charge < -0.3 is 14.4 Å². The fourth-order valence-corrected chi connectivity index (χ4v) is 1.80. The van der Waals surface area contributed by atoms with Crippen LogP contribution in [-0.4, -0.2) is 44.9 Å². The molecule has 0 amide bonds. The van der Waals surface area contributed by atoms with E-state index in [9.17, 15) is 9.18 Å². The Kier molecular flexibility index (Phi) is 6.72. The highest BCUT2D eigenvalue weighted by atomic mass is 79.9. The summed E-state index contributed by atoms with van der Waals surface area (Å²) in [6.45, 7) is 1.18. The second kappa shape index (κ2) is 8.06. The summed E-state index contributed by atoms with van der Waals surface area (Å²) in [5.41, 5.74) is 0. The Balaban J connectivity index is 2.79. The molecule has 5 nitrogen and oxygen atoms in total. The lowest BCUT2D eigenvalue weighted by Gasteiger charge is -2.23. The molecule has 1 aromatic rings. The van der Waals surface area contributed by atoms with Gasteiger partial charge in [0.05, 0.1) is 20.1 Å². The number of pyridine rings is 1. The third-order valence-corrected chi connectivity index (χ3v) is 2.90. The number of carbonyl (C=O) groups is 1. The number of rotatable bonds is 7. The van der Waals surface area contributed by atoms with Gasteiger partial charge in [0, 0.05) is 30.9 Å². The Bertz CT molecular complexity index is 431. The largest absolute Gasteiger partial charge is 0.469 e. The first-order chi connectivity index (χ1) is 9.08. The number of hydrogen-bond acceptors (Lipinski definition) is 5. The summed E-state index contributed by atoms with van der Waals surface area (Å²) in [6, 6.07) is 1.33. The molecule has 0 aliphatic carbocycles. The lowest BCUT2D eigenvalue weighted by atomic mass is 10.3. The molecule has 0 radical (unpaired) electrons. The topological polar surface area (TPSA) is 51.7 Å². The first-order valence-corrected chi connectivity index (χ1v) is 6.49. The maximum absolute atomic E-state index is 13.8. The molecule has 0 saturated carbocycles. The Labute approximate surface area is 119 Å². The van der Waals surface area contributed by atoms with E-state index in [2.05, 4.69) is 25.7 Å². The molecule has 0 aliphatic heterocycles. The molecule has 106 valence electrons. The maximum atomic E-state index is 13.8. The minimum Gasteiger partial charge on any atom is -0.469 e. The fourth-order valence-electron chi connectivity index (χ4n) is 1.49. The molecule has 0 bridgehead atoms. The van der Waals surface area contributed by atoms with Gasteiger partial charge in [0.15, 0.2) is 11.6 Å². The van der Waals surface area contributed by atoms with Crippen molar-refractivity contribution >= 4 is 27.7 Å². The van der Waals surface area contributed by atoms with E-state index >= 15 is 0 Å². The van der Waals surface area contributed by atoms with Crippen molar-refractivity contribution in [3.63, 3.8) is 0 Å². The van der Waals surface area contributed by atoms with Crippen LogP contribution < -0.4 is 4.90 Å². The number of ether oxygens (including phenoxy) is 2. The number of anilines is 1. The molecule has 0 aliphatic rings. The van der Waals surface area contributed by atoms with Gasteiger partial charge in [-0.05, 0) is 22.0 Å². The molecule has 0 spiro atoms. The van der Waals surface area contributed by atoms with Crippen molar-refractivity contribution in [3.8, 4) is 0 Å². The third kappa shape index (κ3) is 5.12. The minimum absolute atomic E-state index is 0.164. The number of aromatic nitrogens is 1. The maximum Gasteiger partial charge on any atom is 0.307 e. The summed E-state index contributed by atoms with van der Waals surface area (Å²) < 4.78 is 24.0. The van der Waals surface area contributed by atoms with Crippen LogP contribution in [-0.2, 0) is 14.3 Å². The Morgan fingerprint density at radius 1 is 1.47 bits per heavy atom. The standard InChI is InChI=1S/C12H16BrFN2O3/c1-18-6-5-16(4-3-11(17)19-2)12-10(14)7-9(13)8-15-12/h7-8H,3-6H2,1-2H3. The Hall–Kier alpha value is -1.21. The molecule has 7 heteroatoms. The highest BCUT2D eigenvalue weighted by molar-refractivity contribution is 9.10. The van der Waals surface area contributed by atoms with Gasteiger partial charge in [-0.2, -0.15) is 0 Å². The van der Waals surface area contributed by atoms with Gasteiger partial charge in [-0.15, -0.1) is 0 Å². The molecule has 1 rings (SSSR count). The first kappa shape index (κ1) is 15.8. The monoisotopic (exact) mass is 334 g/mol. The summed E-state index contributed by atoms with van der Waals surface area (Å²) >= 11 is 3.15. The highest BCUT2D eigenvalue weighted by Crippen LogP contribution is 2.20. The van der Waals surface area contributed by atoms with Crippen molar-refractivity contribution in [2.24, 2.45) is 0 Å². The van der Waals surface area contributed by atoms with Crippen molar-refractivity contribution in [1.82, 2.24) is 4.98 Å². The summed E-state index contributed by atoms with van der Waals surface area (Å²) in [5.74, 6) is -0.598. The van der Waals surface area contributed by atoms with E-state index in [-0.39, 0.29) is 18.2 Å². The molecule has 1 aromatic heterocycles. The van der Waals surface area contributed by atoms with Gasteiger partial charge in [-0.25, -0.2) is 9.37 Å². The van der Waals surface area contributed by atoms with E-state index in [1.54, 1.807) is 12.0 Å². The number of halogens is 2. The molecule has 0 atom stereocenters. The molecule has 1 heterocycles. The molecule has 0 N–H and O–H groups in total. The molecule has 0 aromatic carbocycles. The number of carbonyl (C=O) groups excluding carboxylic acids is 1. The van der Waals surface area contributed by atoms with Crippen molar-refractivity contribution in [1.29, 1.82) is 0 Å². The van der Waals surface area contributed by atoms with E-state index < -0.39 is 5.82 Å². The third-order valence-electron chi connectivity index (χ3n) is 2.47. The van der Waals surface area contributed by atoms with Gasteiger partial charge in [0.25, 0.3) is 0 Å². The zero-order chi connectivity index (χ0) is 14.3. The van der Waals surface area contributed by atoms with Crippen LogP contribution in [0.15, 0.2) is 16.7 Å². The van der Waals surface area contributed by atoms with Crippen LogP contribution in [0.3, 0.4) is 0 Å². The molecule has 0 saturated heterocycles. The predicted molar refractivity (Wildman–Crippen MR) is 72.6 cm³/mol. The van der Waals surface area contributed by atoms with Gasteiger partial charge in [-0.3, -0.25) is 4.79 Å². The van der Waals surface area contributed by atoms with Gasteiger partial charge in [-0.1, -0.05) is 0 Å². The lowest BCUT2D eigenvalue weighted by molar-refractivity contribution is -0.140. The highest BCUT2D eigenvalue weighted by Gasteiger charge is 2.15. The van der Waals surface area contributed by atoms with E-state index in [0.29, 0.717) is 24.2 Å². The minimum atomic E-state index is -0.449. The molecule has 0 fully saturated rings. The molecule has 19 heavy (non-hydrogen) atoms. The molecular formula is C12H16BrFN2O3. The summed E-state index contributed by atoms with van der Waals surface area (Å²) in [5, 5.41) is 0. The van der Waals surface area contributed by atoms with Crippen LogP contribution in [0.1, 0.15) is 6.42 Å². The van der Waals surface area contributed by atoms with Crippen molar-refractivity contribution in [2.45, 2.75) is 6.42 Å². The number of hydrogen-bond donors (Lipinski definition) is 0. The predicted octanol–water partition coefficient (Wildman–Crippen LogP) is 2.00. The SMILES string of the molecule is COCCN(CCC(=O)OC)c1ncc(Br)cc1F. The zero-order valence-corrected chi connectivity index (χ0v) is 12.4. The zero-order valence-electron chi connectivity index (χ0n) is 10.9. The Morgan fingerprint density at radius 2 is 2.21 bits per heavy atom. The fraction of sp³-hybridized carbons (Fsp3) is 0.500. The van der Waals surface area contributed by atoms with Crippen LogP contribution in [0.2, 0.25) is 0 Å². The summed E-state index contributed by atoms with van der Waals surface area (Å²) in [7, 11) is 2.88. The number of methoxy groups -OCH3 is 2. The summed E-state index contributed by atoms with van der Waals surface area (Å²) in [4.78, 5) is 16.8. The van der Waals surface area contributed by atoms with E-state index in [1.807, 2.05) is 0 Å². The number of nitrogens with zero attached hydrogens (tertiary/aromatic N) is 2. The second-order valence-corrected chi connectivity index (χ2v) is 4.68. The van der Waals surface area contributed by atoms with Gasteiger partial charge >= 0.3 is 5.97 Å². The van der Waals surface area contributed by atoms with Crippen LogP contribution in [0.5, 0.6) is 0 Å². The molecular weight excluding hydrogens is 319 g/mol. The van der Waals surface area contributed by atoms with Crippen molar-refractivity contribution in [2.75, 3.05) is 38.8 Å². The second-order valence-electron chi connectivity index (χ2n) is 3.76. The lowest BCUT2D eigenvalue weighted by Crippen LogP contribution is -2.31. The first-order valence-electron chi connectivity index (χ1n) is 5.70. The van der Waals surface area contributed by atoms with Crippen molar-refractivity contribution < 1.29 is 18.7 Å². The average Bonchev–Trinajstić information content (AvgIpc) is 2.39. The van der Waals surface area contributed by atoms with E-state index in [4.69, 9.17) is 4.74 Å². The Morgan fingerprint density at radius 3 is 2.79 bits per heavy atom. The quantitative estimate of drug-likeness (QED) is 0.714. The van der Waals surface area contributed by atoms with Gasteiger partial charge in [0.2, 0.25) is 0 Å². The smallest absolute Gasteiger partial charge is 0.307 e. The normalized spacial score (nSPS) is 10.3. The van der Waals surface area contributed by atoms with Crippen LogP contribution in [0.25, 0.3) is 0 Å². The molecule has 0 unspecified atom stereocenters. The summed E-state index contributed by atoms with van der Waals surface area (Å²) in [6.07, 6.45) is 1.67. The van der Waals surface area contributed by atoms with Crippen molar-refractivity contribution in [3.05, 3.63) is 22.6 Å². The van der Waals surface area contributed by atoms with E-state index in [1.165, 1.54) is 19.4 Å². The van der Waals surface area contributed by atoms with Crippen LogP contribution in [0.4, 0.5) is 10.2 Å². The average molecular weight is 335 g/mol. The van der Waals surface area contributed by atoms with Gasteiger partial charge in [0.1, 0.15) is 0 Å². The van der Waals surface area contributed by atoms with Crippen LogP contribution >= 0.6 is 15.9 Å². The van der Waals surface area contributed by atoms with Crippen LogP contribution in [0, 0.1) is 5.82 Å².